The Balaban J connectivity index is 2.14. The summed E-state index contributed by atoms with van der Waals surface area (Å²) in [4.78, 5) is 11.5. The third kappa shape index (κ3) is 2.73. The molecule has 0 amide bonds. The zero-order valence-corrected chi connectivity index (χ0v) is 12.7. The summed E-state index contributed by atoms with van der Waals surface area (Å²) in [5.41, 5.74) is 2.39. The second-order valence-corrected chi connectivity index (χ2v) is 5.10. The fourth-order valence-electron chi connectivity index (χ4n) is 2.37. The van der Waals surface area contributed by atoms with Gasteiger partial charge in [-0.25, -0.2) is 13.9 Å². The minimum absolute atomic E-state index is 0.0769. The van der Waals surface area contributed by atoms with E-state index < -0.39 is 5.97 Å². The van der Waals surface area contributed by atoms with Gasteiger partial charge in [0.25, 0.3) is 0 Å². The molecule has 1 aromatic carbocycles. The molecule has 0 atom stereocenters. The summed E-state index contributed by atoms with van der Waals surface area (Å²) in [6.07, 6.45) is 3.20. The van der Waals surface area contributed by atoms with E-state index in [1.165, 1.54) is 23.0 Å². The zero-order chi connectivity index (χ0) is 16.6. The number of aromatic carboxylic acids is 1. The van der Waals surface area contributed by atoms with Crippen molar-refractivity contribution < 1.29 is 14.3 Å². The highest BCUT2D eigenvalue weighted by Crippen LogP contribution is 2.26. The SMILES string of the molecule is CCn1cc(-c2nn(-c3ccc(F)cc3)cc2C(=O)O)c(C)n1. The third-order valence-electron chi connectivity index (χ3n) is 3.56. The standard InChI is InChI=1S/C16H15FN4O2/c1-3-20-8-13(10(2)18-20)15-14(16(22)23)9-21(19-15)12-6-4-11(17)5-7-12/h4-9H,3H2,1-2H3,(H,22,23). The quantitative estimate of drug-likeness (QED) is 0.803. The van der Waals surface area contributed by atoms with Crippen LogP contribution in [0.15, 0.2) is 36.7 Å². The van der Waals surface area contributed by atoms with Crippen molar-refractivity contribution >= 4 is 5.97 Å². The first kappa shape index (κ1) is 15.0. The van der Waals surface area contributed by atoms with Crippen molar-refractivity contribution in [1.82, 2.24) is 19.6 Å². The number of aryl methyl sites for hydroxylation is 2. The highest BCUT2D eigenvalue weighted by Gasteiger charge is 2.21. The van der Waals surface area contributed by atoms with Gasteiger partial charge in [-0.15, -0.1) is 0 Å². The van der Waals surface area contributed by atoms with E-state index in [0.29, 0.717) is 29.2 Å². The Morgan fingerprint density at radius 3 is 2.48 bits per heavy atom. The monoisotopic (exact) mass is 314 g/mol. The molecule has 3 aromatic rings. The van der Waals surface area contributed by atoms with E-state index in [1.807, 2.05) is 13.8 Å². The van der Waals surface area contributed by atoms with Crippen LogP contribution in [-0.4, -0.2) is 30.6 Å². The number of halogens is 1. The lowest BCUT2D eigenvalue weighted by Crippen LogP contribution is -1.96. The number of rotatable bonds is 4. The number of hydrogen-bond donors (Lipinski definition) is 1. The summed E-state index contributed by atoms with van der Waals surface area (Å²) in [7, 11) is 0. The topological polar surface area (TPSA) is 72.9 Å². The van der Waals surface area contributed by atoms with E-state index in [9.17, 15) is 14.3 Å². The smallest absolute Gasteiger partial charge is 0.339 e. The van der Waals surface area contributed by atoms with Crippen molar-refractivity contribution in [3.8, 4) is 16.9 Å². The molecule has 2 aromatic heterocycles. The lowest BCUT2D eigenvalue weighted by atomic mass is 10.1. The number of aromatic nitrogens is 4. The first-order valence-corrected chi connectivity index (χ1v) is 7.13. The van der Waals surface area contributed by atoms with Crippen LogP contribution in [0.2, 0.25) is 0 Å². The molecule has 0 bridgehead atoms. The van der Waals surface area contributed by atoms with Crippen LogP contribution < -0.4 is 0 Å². The fraction of sp³-hybridized carbons (Fsp3) is 0.188. The van der Waals surface area contributed by atoms with Crippen LogP contribution in [0.1, 0.15) is 23.0 Å². The van der Waals surface area contributed by atoms with Gasteiger partial charge in [0.2, 0.25) is 0 Å². The van der Waals surface area contributed by atoms with Crippen LogP contribution in [0.5, 0.6) is 0 Å². The summed E-state index contributed by atoms with van der Waals surface area (Å²) >= 11 is 0. The number of carboxylic acids is 1. The average Bonchev–Trinajstić information content (AvgIpc) is 3.11. The Hall–Kier alpha value is -2.96. The molecular formula is C16H15FN4O2. The Labute approximate surface area is 131 Å². The number of carboxylic acid groups (broad SMARTS) is 1. The number of hydrogen-bond acceptors (Lipinski definition) is 3. The maximum absolute atomic E-state index is 13.0. The Morgan fingerprint density at radius 1 is 1.22 bits per heavy atom. The average molecular weight is 314 g/mol. The van der Waals surface area contributed by atoms with E-state index in [0.717, 1.165) is 0 Å². The molecule has 1 N–H and O–H groups in total. The molecule has 2 heterocycles. The van der Waals surface area contributed by atoms with E-state index in [-0.39, 0.29) is 11.4 Å². The first-order valence-electron chi connectivity index (χ1n) is 7.13. The van der Waals surface area contributed by atoms with Gasteiger partial charge in [0.15, 0.2) is 0 Å². The molecular weight excluding hydrogens is 299 g/mol. The Bertz CT molecular complexity index is 865. The summed E-state index contributed by atoms with van der Waals surface area (Å²) < 4.78 is 16.2. The van der Waals surface area contributed by atoms with Crippen molar-refractivity contribution in [2.75, 3.05) is 0 Å². The van der Waals surface area contributed by atoms with Crippen molar-refractivity contribution in [1.29, 1.82) is 0 Å². The molecule has 23 heavy (non-hydrogen) atoms. The van der Waals surface area contributed by atoms with Crippen LogP contribution in [0.25, 0.3) is 16.9 Å². The second kappa shape index (κ2) is 5.68. The minimum atomic E-state index is -1.07. The predicted octanol–water partition coefficient (Wildman–Crippen LogP) is 2.90. The van der Waals surface area contributed by atoms with Gasteiger partial charge in [0.1, 0.15) is 17.1 Å². The number of carbonyl (C=O) groups is 1. The number of benzene rings is 1. The van der Waals surface area contributed by atoms with E-state index >= 15 is 0 Å². The summed E-state index contributed by atoms with van der Waals surface area (Å²) in [5.74, 6) is -1.43. The van der Waals surface area contributed by atoms with E-state index in [4.69, 9.17) is 0 Å². The van der Waals surface area contributed by atoms with Gasteiger partial charge in [0, 0.05) is 24.5 Å². The molecule has 0 unspecified atom stereocenters. The maximum Gasteiger partial charge on any atom is 0.339 e. The molecule has 0 aliphatic heterocycles. The molecule has 6 nitrogen and oxygen atoms in total. The molecule has 0 saturated carbocycles. The van der Waals surface area contributed by atoms with Crippen molar-refractivity contribution in [3.63, 3.8) is 0 Å². The summed E-state index contributed by atoms with van der Waals surface area (Å²) in [6.45, 7) is 4.44. The molecule has 0 aliphatic rings. The highest BCUT2D eigenvalue weighted by molar-refractivity contribution is 5.95. The predicted molar refractivity (Wildman–Crippen MR) is 82.1 cm³/mol. The van der Waals surface area contributed by atoms with Crippen molar-refractivity contribution in [2.24, 2.45) is 0 Å². The third-order valence-corrected chi connectivity index (χ3v) is 3.56. The Kier molecular flexibility index (Phi) is 3.69. The van der Waals surface area contributed by atoms with Crippen molar-refractivity contribution in [3.05, 3.63) is 53.7 Å². The van der Waals surface area contributed by atoms with E-state index in [2.05, 4.69) is 10.2 Å². The van der Waals surface area contributed by atoms with Gasteiger partial charge >= 0.3 is 5.97 Å². The normalized spacial score (nSPS) is 10.9. The van der Waals surface area contributed by atoms with Crippen LogP contribution >= 0.6 is 0 Å². The van der Waals surface area contributed by atoms with Gasteiger partial charge in [-0.2, -0.15) is 10.2 Å². The molecule has 7 heteroatoms. The van der Waals surface area contributed by atoms with Crippen LogP contribution in [0, 0.1) is 12.7 Å². The molecule has 0 aliphatic carbocycles. The van der Waals surface area contributed by atoms with Gasteiger partial charge in [-0.1, -0.05) is 0 Å². The molecule has 0 spiro atoms. The lowest BCUT2D eigenvalue weighted by Gasteiger charge is -2.00. The van der Waals surface area contributed by atoms with Gasteiger partial charge in [-0.3, -0.25) is 4.68 Å². The molecule has 0 fully saturated rings. The van der Waals surface area contributed by atoms with Crippen LogP contribution in [0.3, 0.4) is 0 Å². The van der Waals surface area contributed by atoms with Gasteiger partial charge in [0.05, 0.1) is 11.4 Å². The largest absolute Gasteiger partial charge is 0.478 e. The fourth-order valence-corrected chi connectivity index (χ4v) is 2.37. The Morgan fingerprint density at radius 2 is 1.91 bits per heavy atom. The molecule has 118 valence electrons. The highest BCUT2D eigenvalue weighted by atomic mass is 19.1. The molecule has 0 radical (unpaired) electrons. The molecule has 0 saturated heterocycles. The van der Waals surface area contributed by atoms with E-state index in [1.54, 1.807) is 23.0 Å². The first-order chi connectivity index (χ1) is 11.0. The van der Waals surface area contributed by atoms with Gasteiger partial charge in [-0.05, 0) is 38.1 Å². The van der Waals surface area contributed by atoms with Crippen LogP contribution in [0.4, 0.5) is 4.39 Å². The van der Waals surface area contributed by atoms with Crippen LogP contribution in [-0.2, 0) is 6.54 Å². The van der Waals surface area contributed by atoms with Crippen molar-refractivity contribution in [2.45, 2.75) is 20.4 Å². The minimum Gasteiger partial charge on any atom is -0.478 e. The summed E-state index contributed by atoms with van der Waals surface area (Å²) in [5, 5.41) is 18.1. The molecule has 3 rings (SSSR count). The number of nitrogens with zero attached hydrogens (tertiary/aromatic N) is 4. The summed E-state index contributed by atoms with van der Waals surface area (Å²) in [6, 6.07) is 5.69. The lowest BCUT2D eigenvalue weighted by molar-refractivity contribution is 0.0697. The zero-order valence-electron chi connectivity index (χ0n) is 12.7. The maximum atomic E-state index is 13.0. The van der Waals surface area contributed by atoms with Gasteiger partial charge < -0.3 is 5.11 Å². The second-order valence-electron chi connectivity index (χ2n) is 5.10.